The van der Waals surface area contributed by atoms with Crippen molar-refractivity contribution in [3.63, 3.8) is 0 Å². The van der Waals surface area contributed by atoms with Crippen molar-refractivity contribution in [3.8, 4) is 0 Å². The van der Waals surface area contributed by atoms with E-state index in [0.717, 1.165) is 30.2 Å². The Morgan fingerprint density at radius 3 is 2.53 bits per heavy atom. The summed E-state index contributed by atoms with van der Waals surface area (Å²) in [7, 11) is 0. The van der Waals surface area contributed by atoms with Crippen molar-refractivity contribution < 1.29 is 0 Å². The summed E-state index contributed by atoms with van der Waals surface area (Å²) in [6.45, 7) is 9.73. The lowest BCUT2D eigenvalue weighted by atomic mass is 10.1. The summed E-state index contributed by atoms with van der Waals surface area (Å²) in [5, 5.41) is 4.42. The standard InChI is InChI=1S/C14H21ClN2/c1-10-4-5-13(6-14(10)15)9-17-7-11(2)16-12(3)8-17/h4-6,11-12,16H,7-9H2,1-3H3. The van der Waals surface area contributed by atoms with Crippen molar-refractivity contribution >= 4 is 11.6 Å². The van der Waals surface area contributed by atoms with Crippen LogP contribution in [0, 0.1) is 6.92 Å². The van der Waals surface area contributed by atoms with Crippen LogP contribution in [0.25, 0.3) is 0 Å². The SMILES string of the molecule is Cc1ccc(CN2CC(C)NC(C)C2)cc1Cl. The van der Waals surface area contributed by atoms with Crippen molar-refractivity contribution in [2.24, 2.45) is 0 Å². The second-order valence-electron chi connectivity index (χ2n) is 5.25. The van der Waals surface area contributed by atoms with Gasteiger partial charge in [0.1, 0.15) is 0 Å². The van der Waals surface area contributed by atoms with Crippen molar-refractivity contribution in [1.29, 1.82) is 0 Å². The third kappa shape index (κ3) is 3.44. The van der Waals surface area contributed by atoms with Crippen LogP contribution in [0.5, 0.6) is 0 Å². The minimum atomic E-state index is 0.569. The van der Waals surface area contributed by atoms with Gasteiger partial charge in [0, 0.05) is 36.7 Å². The Kier molecular flexibility index (Phi) is 4.08. The lowest BCUT2D eigenvalue weighted by molar-refractivity contribution is 0.166. The molecule has 0 radical (unpaired) electrons. The normalized spacial score (nSPS) is 26.1. The number of rotatable bonds is 2. The zero-order valence-electron chi connectivity index (χ0n) is 10.8. The van der Waals surface area contributed by atoms with Crippen LogP contribution in [0.2, 0.25) is 5.02 Å². The number of hydrogen-bond donors (Lipinski definition) is 1. The fourth-order valence-electron chi connectivity index (χ4n) is 2.56. The van der Waals surface area contributed by atoms with Crippen molar-refractivity contribution in [2.45, 2.75) is 39.4 Å². The zero-order chi connectivity index (χ0) is 12.4. The minimum Gasteiger partial charge on any atom is -0.309 e. The van der Waals surface area contributed by atoms with Crippen LogP contribution in [-0.4, -0.2) is 30.1 Å². The Labute approximate surface area is 109 Å². The highest BCUT2D eigenvalue weighted by Gasteiger charge is 2.20. The number of hydrogen-bond acceptors (Lipinski definition) is 2. The van der Waals surface area contributed by atoms with E-state index in [9.17, 15) is 0 Å². The van der Waals surface area contributed by atoms with Gasteiger partial charge in [-0.05, 0) is 38.0 Å². The van der Waals surface area contributed by atoms with Crippen LogP contribution >= 0.6 is 11.6 Å². The molecule has 0 spiro atoms. The van der Waals surface area contributed by atoms with Gasteiger partial charge in [0.2, 0.25) is 0 Å². The molecule has 1 fully saturated rings. The summed E-state index contributed by atoms with van der Waals surface area (Å²) in [5.41, 5.74) is 2.46. The van der Waals surface area contributed by atoms with E-state index in [1.807, 2.05) is 6.92 Å². The smallest absolute Gasteiger partial charge is 0.0438 e. The molecule has 17 heavy (non-hydrogen) atoms. The van der Waals surface area contributed by atoms with Gasteiger partial charge in [0.15, 0.2) is 0 Å². The lowest BCUT2D eigenvalue weighted by Gasteiger charge is -2.36. The fraction of sp³-hybridized carbons (Fsp3) is 0.571. The topological polar surface area (TPSA) is 15.3 Å². The first kappa shape index (κ1) is 12.9. The molecule has 0 aliphatic carbocycles. The lowest BCUT2D eigenvalue weighted by Crippen LogP contribution is -2.53. The number of benzene rings is 1. The fourth-order valence-corrected chi connectivity index (χ4v) is 2.77. The monoisotopic (exact) mass is 252 g/mol. The van der Waals surface area contributed by atoms with E-state index in [0.29, 0.717) is 12.1 Å². The highest BCUT2D eigenvalue weighted by molar-refractivity contribution is 6.31. The molecule has 1 aliphatic rings. The van der Waals surface area contributed by atoms with E-state index in [4.69, 9.17) is 11.6 Å². The summed E-state index contributed by atoms with van der Waals surface area (Å²) in [4.78, 5) is 2.49. The quantitative estimate of drug-likeness (QED) is 0.871. The van der Waals surface area contributed by atoms with Crippen LogP contribution in [-0.2, 0) is 6.54 Å². The Bertz CT molecular complexity index is 382. The van der Waals surface area contributed by atoms with Crippen molar-refractivity contribution in [1.82, 2.24) is 10.2 Å². The van der Waals surface area contributed by atoms with Crippen molar-refractivity contribution in [2.75, 3.05) is 13.1 Å². The van der Waals surface area contributed by atoms with Gasteiger partial charge < -0.3 is 5.32 Å². The number of nitrogens with one attached hydrogen (secondary N) is 1. The van der Waals surface area contributed by atoms with Crippen molar-refractivity contribution in [3.05, 3.63) is 34.3 Å². The molecular weight excluding hydrogens is 232 g/mol. The van der Waals surface area contributed by atoms with E-state index in [2.05, 4.69) is 42.3 Å². The molecular formula is C14H21ClN2. The molecule has 1 N–H and O–H groups in total. The van der Waals surface area contributed by atoms with Crippen LogP contribution in [0.3, 0.4) is 0 Å². The first-order chi connectivity index (χ1) is 8.04. The summed E-state index contributed by atoms with van der Waals surface area (Å²) < 4.78 is 0. The third-order valence-electron chi connectivity index (χ3n) is 3.28. The molecule has 2 atom stereocenters. The molecule has 3 heteroatoms. The molecule has 0 amide bonds. The first-order valence-corrected chi connectivity index (χ1v) is 6.66. The molecule has 2 rings (SSSR count). The van der Waals surface area contributed by atoms with E-state index in [-0.39, 0.29) is 0 Å². The van der Waals surface area contributed by atoms with E-state index in [1.54, 1.807) is 0 Å². The van der Waals surface area contributed by atoms with E-state index >= 15 is 0 Å². The summed E-state index contributed by atoms with van der Waals surface area (Å²) in [5.74, 6) is 0. The largest absolute Gasteiger partial charge is 0.309 e. The Morgan fingerprint density at radius 2 is 1.94 bits per heavy atom. The molecule has 1 heterocycles. The molecule has 1 aromatic rings. The number of nitrogens with zero attached hydrogens (tertiary/aromatic N) is 1. The van der Waals surface area contributed by atoms with Gasteiger partial charge in [-0.25, -0.2) is 0 Å². The summed E-state index contributed by atoms with van der Waals surface area (Å²) in [6, 6.07) is 7.51. The van der Waals surface area contributed by atoms with Gasteiger partial charge >= 0.3 is 0 Å². The summed E-state index contributed by atoms with van der Waals surface area (Å²) in [6.07, 6.45) is 0. The first-order valence-electron chi connectivity index (χ1n) is 6.28. The molecule has 1 aromatic carbocycles. The average molecular weight is 253 g/mol. The Morgan fingerprint density at radius 1 is 1.29 bits per heavy atom. The highest BCUT2D eigenvalue weighted by Crippen LogP contribution is 2.18. The van der Waals surface area contributed by atoms with Gasteiger partial charge in [-0.3, -0.25) is 4.90 Å². The molecule has 1 saturated heterocycles. The Hall–Kier alpha value is -0.570. The summed E-state index contributed by atoms with van der Waals surface area (Å²) >= 11 is 6.16. The maximum atomic E-state index is 6.16. The van der Waals surface area contributed by atoms with Gasteiger partial charge in [-0.2, -0.15) is 0 Å². The maximum absolute atomic E-state index is 6.16. The maximum Gasteiger partial charge on any atom is 0.0438 e. The van der Waals surface area contributed by atoms with E-state index < -0.39 is 0 Å². The second-order valence-corrected chi connectivity index (χ2v) is 5.65. The molecule has 0 saturated carbocycles. The van der Waals surface area contributed by atoms with E-state index in [1.165, 1.54) is 5.56 Å². The van der Waals surface area contributed by atoms with Gasteiger partial charge in [0.05, 0.1) is 0 Å². The predicted octanol–water partition coefficient (Wildman–Crippen LogP) is 2.83. The third-order valence-corrected chi connectivity index (χ3v) is 3.68. The second kappa shape index (κ2) is 5.38. The predicted molar refractivity (Wildman–Crippen MR) is 73.5 cm³/mol. The highest BCUT2D eigenvalue weighted by atomic mass is 35.5. The molecule has 2 nitrogen and oxygen atoms in total. The van der Waals surface area contributed by atoms with Gasteiger partial charge in [-0.1, -0.05) is 23.7 Å². The van der Waals surface area contributed by atoms with Crippen LogP contribution in [0.15, 0.2) is 18.2 Å². The van der Waals surface area contributed by atoms with Gasteiger partial charge in [-0.15, -0.1) is 0 Å². The van der Waals surface area contributed by atoms with Crippen LogP contribution in [0.1, 0.15) is 25.0 Å². The van der Waals surface area contributed by atoms with Gasteiger partial charge in [0.25, 0.3) is 0 Å². The number of halogens is 1. The molecule has 2 unspecified atom stereocenters. The molecule has 0 bridgehead atoms. The molecule has 1 aliphatic heterocycles. The zero-order valence-corrected chi connectivity index (χ0v) is 11.6. The molecule has 94 valence electrons. The van der Waals surface area contributed by atoms with Crippen LogP contribution < -0.4 is 5.32 Å². The average Bonchev–Trinajstić information content (AvgIpc) is 2.22. The Balaban J connectivity index is 2.02. The number of aryl methyl sites for hydroxylation is 1. The minimum absolute atomic E-state index is 0.569. The molecule has 0 aromatic heterocycles. The van der Waals surface area contributed by atoms with Crippen LogP contribution in [0.4, 0.5) is 0 Å². The number of piperazine rings is 1.